The Morgan fingerprint density at radius 3 is 2.38 bits per heavy atom. The highest BCUT2D eigenvalue weighted by Crippen LogP contribution is 2.50. The van der Waals surface area contributed by atoms with Crippen molar-refractivity contribution in [3.63, 3.8) is 0 Å². The molecule has 10 heteroatoms. The van der Waals surface area contributed by atoms with Gasteiger partial charge in [-0.25, -0.2) is 12.7 Å². The van der Waals surface area contributed by atoms with Crippen LogP contribution in [0, 0.1) is 5.41 Å². The van der Waals surface area contributed by atoms with Crippen molar-refractivity contribution in [3.05, 3.63) is 28.5 Å². The van der Waals surface area contributed by atoms with E-state index in [0.29, 0.717) is 5.70 Å². The lowest BCUT2D eigenvalue weighted by Crippen LogP contribution is -2.53. The van der Waals surface area contributed by atoms with Crippen molar-refractivity contribution < 1.29 is 23.4 Å². The van der Waals surface area contributed by atoms with Crippen molar-refractivity contribution >= 4 is 33.1 Å². The number of benzene rings is 1. The number of phenols is 1. The molecule has 1 aromatic carbocycles. The number of hydrogen-bond donors (Lipinski definition) is 4. The second-order valence-corrected chi connectivity index (χ2v) is 11.7. The minimum atomic E-state index is -4.01. The van der Waals surface area contributed by atoms with E-state index in [9.17, 15) is 23.4 Å². The van der Waals surface area contributed by atoms with Crippen LogP contribution >= 0.6 is 11.6 Å². The van der Waals surface area contributed by atoms with E-state index in [1.54, 1.807) is 0 Å². The van der Waals surface area contributed by atoms with Gasteiger partial charge in [-0.1, -0.05) is 37.3 Å². The Balaban J connectivity index is 1.65. The molecule has 0 saturated heterocycles. The second-order valence-electron chi connectivity index (χ2n) is 9.25. The van der Waals surface area contributed by atoms with Crippen molar-refractivity contribution in [2.24, 2.45) is 5.41 Å². The van der Waals surface area contributed by atoms with Gasteiger partial charge in [0.2, 0.25) is 15.8 Å². The topological polar surface area (TPSA) is 119 Å². The minimum Gasteiger partial charge on any atom is -0.504 e. The van der Waals surface area contributed by atoms with Crippen LogP contribution in [0.1, 0.15) is 51.4 Å². The number of carbonyl (C=O) groups is 1. The molecule has 3 aliphatic rings. The summed E-state index contributed by atoms with van der Waals surface area (Å²) >= 11 is 6.07. The quantitative estimate of drug-likeness (QED) is 0.459. The molecule has 0 aliphatic heterocycles. The van der Waals surface area contributed by atoms with E-state index in [4.69, 9.17) is 11.6 Å². The Morgan fingerprint density at radius 2 is 1.75 bits per heavy atom. The van der Waals surface area contributed by atoms with Crippen LogP contribution in [-0.4, -0.2) is 55.0 Å². The monoisotopic (exact) mass is 483 g/mol. The SMILES string of the molecule is CN(C)S(=O)(=O)c1c(Cl)ccc(NC2=C(NC3CCCCC34CCCC4)C(=O)C2O)c1O. The van der Waals surface area contributed by atoms with Crippen molar-refractivity contribution in [3.8, 4) is 5.75 Å². The highest BCUT2D eigenvalue weighted by Gasteiger charge is 2.46. The number of hydrogen-bond acceptors (Lipinski definition) is 7. The first kappa shape index (κ1) is 23.4. The molecular weight excluding hydrogens is 454 g/mol. The molecule has 1 spiro atoms. The van der Waals surface area contributed by atoms with E-state index in [0.717, 1.165) is 36.4 Å². The van der Waals surface area contributed by atoms with Crippen LogP contribution in [0.4, 0.5) is 5.69 Å². The van der Waals surface area contributed by atoms with E-state index in [2.05, 4.69) is 10.6 Å². The predicted molar refractivity (Wildman–Crippen MR) is 122 cm³/mol. The highest BCUT2D eigenvalue weighted by atomic mass is 35.5. The van der Waals surface area contributed by atoms with Crippen LogP contribution in [0.2, 0.25) is 5.02 Å². The van der Waals surface area contributed by atoms with Gasteiger partial charge in [-0.15, -0.1) is 0 Å². The molecule has 3 aliphatic carbocycles. The number of Topliss-reactive ketones (excluding diaryl/α,β-unsaturated/α-hetero) is 1. The number of sulfonamides is 1. The Bertz CT molecular complexity index is 1060. The molecule has 2 fully saturated rings. The standard InChI is InChI=1S/C22H30ClN3O5S/c1-26(2)32(30,31)21-13(23)8-9-14(18(21)27)24-16-17(20(29)19(16)28)25-15-7-3-4-10-22(15)11-5-6-12-22/h8-9,15,19,24-25,27-28H,3-7,10-12H2,1-2H3. The average molecular weight is 484 g/mol. The van der Waals surface area contributed by atoms with Gasteiger partial charge in [0, 0.05) is 20.1 Å². The van der Waals surface area contributed by atoms with Crippen LogP contribution < -0.4 is 10.6 Å². The maximum Gasteiger partial charge on any atom is 0.247 e. The highest BCUT2D eigenvalue weighted by molar-refractivity contribution is 7.89. The van der Waals surface area contributed by atoms with Crippen LogP contribution in [-0.2, 0) is 14.8 Å². The van der Waals surface area contributed by atoms with Gasteiger partial charge in [-0.2, -0.15) is 0 Å². The molecule has 1 aromatic rings. The summed E-state index contributed by atoms with van der Waals surface area (Å²) in [7, 11) is -1.33. The van der Waals surface area contributed by atoms with Crippen LogP contribution in [0.25, 0.3) is 0 Å². The molecule has 0 aromatic heterocycles. The number of aliphatic hydroxyl groups excluding tert-OH is 1. The fourth-order valence-corrected chi connectivity index (χ4v) is 6.82. The fraction of sp³-hybridized carbons (Fsp3) is 0.591. The van der Waals surface area contributed by atoms with Gasteiger partial charge in [0.25, 0.3) is 0 Å². The Morgan fingerprint density at radius 1 is 1.12 bits per heavy atom. The van der Waals surface area contributed by atoms with Gasteiger partial charge in [0.15, 0.2) is 11.9 Å². The number of rotatable bonds is 6. The van der Waals surface area contributed by atoms with E-state index < -0.39 is 32.6 Å². The summed E-state index contributed by atoms with van der Waals surface area (Å²) in [5.74, 6) is -0.963. The van der Waals surface area contributed by atoms with Gasteiger partial charge in [0.05, 0.1) is 16.4 Å². The first-order valence-electron chi connectivity index (χ1n) is 11.0. The molecule has 0 bridgehead atoms. The first-order chi connectivity index (χ1) is 15.1. The van der Waals surface area contributed by atoms with E-state index in [1.807, 2.05) is 0 Å². The Hall–Kier alpha value is -1.81. The van der Waals surface area contributed by atoms with Gasteiger partial charge in [0.1, 0.15) is 10.6 Å². The van der Waals surface area contributed by atoms with E-state index in [1.165, 1.54) is 45.5 Å². The molecule has 0 radical (unpaired) electrons. The second kappa shape index (κ2) is 8.52. The van der Waals surface area contributed by atoms with Gasteiger partial charge in [-0.05, 0) is 43.2 Å². The lowest BCUT2D eigenvalue weighted by molar-refractivity contribution is -0.125. The zero-order valence-corrected chi connectivity index (χ0v) is 19.9. The Labute approximate surface area is 193 Å². The van der Waals surface area contributed by atoms with Crippen LogP contribution in [0.5, 0.6) is 5.75 Å². The number of phenolic OH excluding ortho intramolecular Hbond substituents is 1. The average Bonchev–Trinajstić information content (AvgIpc) is 3.21. The van der Waals surface area contributed by atoms with Gasteiger partial charge < -0.3 is 20.8 Å². The Kier molecular flexibility index (Phi) is 6.21. The number of aromatic hydroxyl groups is 1. The van der Waals surface area contributed by atoms with Crippen molar-refractivity contribution in [1.29, 1.82) is 0 Å². The molecular formula is C22H30ClN3O5S. The van der Waals surface area contributed by atoms with Crippen molar-refractivity contribution in [2.45, 2.75) is 68.4 Å². The third kappa shape index (κ3) is 3.79. The number of carbonyl (C=O) groups excluding carboxylic acids is 1. The number of halogens is 1. The lowest BCUT2D eigenvalue weighted by Gasteiger charge is -2.44. The molecule has 0 heterocycles. The normalized spacial score (nSPS) is 25.3. The number of ketones is 1. The molecule has 4 rings (SSSR count). The molecule has 2 atom stereocenters. The first-order valence-corrected chi connectivity index (χ1v) is 12.8. The smallest absolute Gasteiger partial charge is 0.247 e. The number of nitrogens with zero attached hydrogens (tertiary/aromatic N) is 1. The maximum absolute atomic E-state index is 12.6. The van der Waals surface area contributed by atoms with Crippen LogP contribution in [0.15, 0.2) is 28.4 Å². The van der Waals surface area contributed by atoms with E-state index >= 15 is 0 Å². The minimum absolute atomic E-state index is 0.0508. The fourth-order valence-electron chi connectivity index (χ4n) is 5.34. The number of nitrogens with one attached hydrogen (secondary N) is 2. The summed E-state index contributed by atoms with van der Waals surface area (Å²) in [6.07, 6.45) is 7.71. The molecule has 176 valence electrons. The van der Waals surface area contributed by atoms with Crippen LogP contribution in [0.3, 0.4) is 0 Å². The number of aliphatic hydroxyl groups is 1. The zero-order valence-electron chi connectivity index (χ0n) is 18.3. The summed E-state index contributed by atoms with van der Waals surface area (Å²) in [6, 6.07) is 2.94. The molecule has 2 saturated carbocycles. The molecule has 8 nitrogen and oxygen atoms in total. The van der Waals surface area contributed by atoms with Gasteiger partial charge >= 0.3 is 0 Å². The molecule has 32 heavy (non-hydrogen) atoms. The number of anilines is 1. The molecule has 2 unspecified atom stereocenters. The van der Waals surface area contributed by atoms with Crippen molar-refractivity contribution in [1.82, 2.24) is 9.62 Å². The summed E-state index contributed by atoms with van der Waals surface area (Å²) in [6.45, 7) is 0. The van der Waals surface area contributed by atoms with Gasteiger partial charge in [-0.3, -0.25) is 4.79 Å². The summed E-state index contributed by atoms with van der Waals surface area (Å²) in [4.78, 5) is 12.1. The molecule has 4 N–H and O–H groups in total. The molecule has 0 amide bonds. The third-order valence-electron chi connectivity index (χ3n) is 7.20. The zero-order chi connectivity index (χ0) is 23.3. The lowest BCUT2D eigenvalue weighted by atomic mass is 9.68. The predicted octanol–water partition coefficient (Wildman–Crippen LogP) is 2.96. The van der Waals surface area contributed by atoms with Crippen molar-refractivity contribution in [2.75, 3.05) is 19.4 Å². The maximum atomic E-state index is 12.6. The summed E-state index contributed by atoms with van der Waals surface area (Å²) in [5, 5.41) is 27.2. The summed E-state index contributed by atoms with van der Waals surface area (Å²) < 4.78 is 26.2. The van der Waals surface area contributed by atoms with E-state index in [-0.39, 0.29) is 27.9 Å². The largest absolute Gasteiger partial charge is 0.504 e. The third-order valence-corrected chi connectivity index (χ3v) is 9.52. The summed E-state index contributed by atoms with van der Waals surface area (Å²) in [5.41, 5.74) is 0.781.